The van der Waals surface area contributed by atoms with Crippen LogP contribution in [0, 0.1) is 11.8 Å². The van der Waals surface area contributed by atoms with E-state index in [2.05, 4.69) is 120 Å². The third-order valence-electron chi connectivity index (χ3n) is 4.55. The minimum absolute atomic E-state index is 0.0107. The molecule has 0 spiro atoms. The van der Waals surface area contributed by atoms with Gasteiger partial charge in [-0.25, -0.2) is 0 Å². The minimum atomic E-state index is 0.0107. The van der Waals surface area contributed by atoms with Crippen LogP contribution in [-0.2, 0) is 0 Å². The molecule has 28 heavy (non-hydrogen) atoms. The van der Waals surface area contributed by atoms with Crippen molar-refractivity contribution in [2.24, 2.45) is 0 Å². The fourth-order valence-electron chi connectivity index (χ4n) is 3.14. The largest absolute Gasteiger partial charge is 0.151 e. The average molecular weight is 377 g/mol. The summed E-state index contributed by atoms with van der Waals surface area (Å²) in [5.41, 5.74) is 5.88. The van der Waals surface area contributed by atoms with E-state index in [1.807, 2.05) is 6.07 Å². The highest BCUT2D eigenvalue weighted by Gasteiger charge is 2.10. The van der Waals surface area contributed by atoms with Crippen LogP contribution in [0.4, 0.5) is 0 Å². The number of benzene rings is 3. The summed E-state index contributed by atoms with van der Waals surface area (Å²) in [5, 5.41) is 4.16. The van der Waals surface area contributed by atoms with Crippen molar-refractivity contribution in [3.8, 4) is 11.8 Å². The molecule has 1 heterocycles. The van der Waals surface area contributed by atoms with Gasteiger partial charge >= 0.3 is 0 Å². The van der Waals surface area contributed by atoms with Crippen LogP contribution >= 0.6 is 11.3 Å². The van der Waals surface area contributed by atoms with E-state index < -0.39 is 0 Å². The van der Waals surface area contributed by atoms with E-state index in [-0.39, 0.29) is 5.92 Å². The Morgan fingerprint density at radius 2 is 1.29 bits per heavy atom. The highest BCUT2D eigenvalue weighted by molar-refractivity contribution is 7.08. The van der Waals surface area contributed by atoms with Crippen molar-refractivity contribution in [3.63, 3.8) is 0 Å². The van der Waals surface area contributed by atoms with E-state index in [4.69, 9.17) is 0 Å². The topological polar surface area (TPSA) is 0 Å². The third-order valence-corrected chi connectivity index (χ3v) is 5.24. The second kappa shape index (κ2) is 9.04. The molecule has 0 aliphatic heterocycles. The highest BCUT2D eigenvalue weighted by atomic mass is 32.1. The Morgan fingerprint density at radius 1 is 0.714 bits per heavy atom. The van der Waals surface area contributed by atoms with Gasteiger partial charge < -0.3 is 0 Å². The lowest BCUT2D eigenvalue weighted by atomic mass is 9.90. The Hall–Kier alpha value is -3.34. The number of thiophene rings is 1. The van der Waals surface area contributed by atoms with Gasteiger partial charge in [0.2, 0.25) is 0 Å². The van der Waals surface area contributed by atoms with Crippen molar-refractivity contribution in [1.82, 2.24) is 0 Å². The summed E-state index contributed by atoms with van der Waals surface area (Å²) in [6, 6.07) is 33.6. The van der Waals surface area contributed by atoms with E-state index in [1.54, 1.807) is 11.3 Å². The second-order valence-electron chi connectivity index (χ2n) is 6.48. The van der Waals surface area contributed by atoms with Crippen molar-refractivity contribution in [2.75, 3.05) is 0 Å². The van der Waals surface area contributed by atoms with Gasteiger partial charge in [-0.2, -0.15) is 11.3 Å². The van der Waals surface area contributed by atoms with Crippen molar-refractivity contribution in [1.29, 1.82) is 0 Å². The summed E-state index contributed by atoms with van der Waals surface area (Å²) in [4.78, 5) is 0. The predicted molar refractivity (Wildman–Crippen MR) is 120 cm³/mol. The van der Waals surface area contributed by atoms with Gasteiger partial charge in [0.1, 0.15) is 0 Å². The van der Waals surface area contributed by atoms with Gasteiger partial charge in [0, 0.05) is 10.9 Å². The molecule has 0 aliphatic rings. The molecule has 4 aromatic rings. The molecule has 0 N–H and O–H groups in total. The molecule has 1 atom stereocenters. The summed E-state index contributed by atoms with van der Waals surface area (Å²) >= 11 is 1.68. The third kappa shape index (κ3) is 4.49. The zero-order valence-corrected chi connectivity index (χ0v) is 16.3. The van der Waals surface area contributed by atoms with Gasteiger partial charge in [-0.15, -0.1) is 0 Å². The first-order chi connectivity index (χ1) is 13.9. The maximum absolute atomic E-state index is 3.49. The molecule has 0 aliphatic carbocycles. The standard InChI is InChI=1S/C27H20S/c1-4-10-23(11-5-1)26(17-16-22-18-19-28-21-22)20-27(24-12-6-2-7-13-24)25-14-8-3-9-15-25/h1-15,18-21,26H. The van der Waals surface area contributed by atoms with Gasteiger partial charge in [-0.05, 0) is 33.7 Å². The summed E-state index contributed by atoms with van der Waals surface area (Å²) < 4.78 is 0. The molecule has 3 aromatic carbocycles. The summed E-state index contributed by atoms with van der Waals surface area (Å²) in [7, 11) is 0. The lowest BCUT2D eigenvalue weighted by Gasteiger charge is -2.13. The predicted octanol–water partition coefficient (Wildman–Crippen LogP) is 7.02. The first-order valence-corrected chi connectivity index (χ1v) is 10.3. The fourth-order valence-corrected chi connectivity index (χ4v) is 3.73. The van der Waals surface area contributed by atoms with Crippen LogP contribution < -0.4 is 0 Å². The molecule has 0 saturated carbocycles. The van der Waals surface area contributed by atoms with Crippen LogP contribution in [0.1, 0.15) is 28.2 Å². The van der Waals surface area contributed by atoms with E-state index in [9.17, 15) is 0 Å². The Labute approximate surface area is 170 Å². The van der Waals surface area contributed by atoms with Crippen molar-refractivity contribution < 1.29 is 0 Å². The first kappa shape index (κ1) is 18.0. The highest BCUT2D eigenvalue weighted by Crippen LogP contribution is 2.28. The Balaban J connectivity index is 1.83. The van der Waals surface area contributed by atoms with Crippen LogP contribution in [0.2, 0.25) is 0 Å². The Kier molecular flexibility index (Phi) is 5.83. The monoisotopic (exact) mass is 376 g/mol. The summed E-state index contributed by atoms with van der Waals surface area (Å²) in [5.74, 6) is 6.85. The second-order valence-corrected chi connectivity index (χ2v) is 7.26. The maximum atomic E-state index is 3.49. The van der Waals surface area contributed by atoms with Crippen LogP contribution in [-0.4, -0.2) is 0 Å². The zero-order chi connectivity index (χ0) is 19.0. The zero-order valence-electron chi connectivity index (χ0n) is 15.5. The minimum Gasteiger partial charge on any atom is -0.151 e. The molecule has 0 saturated heterocycles. The molecule has 0 fully saturated rings. The first-order valence-electron chi connectivity index (χ1n) is 9.31. The maximum Gasteiger partial charge on any atom is 0.0645 e. The molecular formula is C27H20S. The lowest BCUT2D eigenvalue weighted by Crippen LogP contribution is -1.96. The average Bonchev–Trinajstić information content (AvgIpc) is 3.29. The molecule has 1 heteroatoms. The molecule has 1 unspecified atom stereocenters. The number of rotatable bonds is 4. The summed E-state index contributed by atoms with van der Waals surface area (Å²) in [6.45, 7) is 0. The normalized spacial score (nSPS) is 11.1. The molecule has 0 amide bonds. The van der Waals surface area contributed by atoms with E-state index in [1.165, 1.54) is 22.3 Å². The fraction of sp³-hybridized carbons (Fsp3) is 0.0370. The molecule has 0 radical (unpaired) electrons. The molecular weight excluding hydrogens is 356 g/mol. The SMILES string of the molecule is C(#CC(C=C(c1ccccc1)c1ccccc1)c1ccccc1)c1ccsc1. The Bertz CT molecular complexity index is 1040. The van der Waals surface area contributed by atoms with Gasteiger partial charge in [-0.3, -0.25) is 0 Å². The summed E-state index contributed by atoms with van der Waals surface area (Å²) in [6.07, 6.45) is 2.29. The van der Waals surface area contributed by atoms with Crippen LogP contribution in [0.5, 0.6) is 0 Å². The number of hydrogen-bond donors (Lipinski definition) is 0. The van der Waals surface area contributed by atoms with Gasteiger partial charge in [0.15, 0.2) is 0 Å². The smallest absolute Gasteiger partial charge is 0.0645 e. The van der Waals surface area contributed by atoms with Crippen LogP contribution in [0.15, 0.2) is 114 Å². The molecule has 4 rings (SSSR count). The van der Waals surface area contributed by atoms with Crippen LogP contribution in [0.3, 0.4) is 0 Å². The lowest BCUT2D eigenvalue weighted by molar-refractivity contribution is 1.13. The van der Waals surface area contributed by atoms with Gasteiger partial charge in [0.25, 0.3) is 0 Å². The van der Waals surface area contributed by atoms with E-state index in [0.717, 1.165) is 5.56 Å². The molecule has 0 nitrogen and oxygen atoms in total. The molecule has 1 aromatic heterocycles. The number of hydrogen-bond acceptors (Lipinski definition) is 1. The molecule has 0 bridgehead atoms. The quantitative estimate of drug-likeness (QED) is 0.336. The van der Waals surface area contributed by atoms with E-state index >= 15 is 0 Å². The van der Waals surface area contributed by atoms with Gasteiger partial charge in [0.05, 0.1) is 5.92 Å². The number of allylic oxidation sites excluding steroid dienone is 1. The Morgan fingerprint density at radius 3 is 1.82 bits per heavy atom. The van der Waals surface area contributed by atoms with Gasteiger partial charge in [-0.1, -0.05) is 109 Å². The van der Waals surface area contributed by atoms with Crippen molar-refractivity contribution in [2.45, 2.75) is 5.92 Å². The van der Waals surface area contributed by atoms with E-state index in [0.29, 0.717) is 0 Å². The molecule has 134 valence electrons. The van der Waals surface area contributed by atoms with Crippen molar-refractivity contribution >= 4 is 16.9 Å². The van der Waals surface area contributed by atoms with Crippen LogP contribution in [0.25, 0.3) is 5.57 Å². The van der Waals surface area contributed by atoms with Crippen molar-refractivity contribution in [3.05, 3.63) is 136 Å².